The second-order valence-electron chi connectivity index (χ2n) is 7.21. The van der Waals surface area contributed by atoms with Crippen molar-refractivity contribution in [3.05, 3.63) is 47.5 Å². The molecule has 0 bridgehead atoms. The maximum absolute atomic E-state index is 12.9. The molecule has 2 heterocycles. The lowest BCUT2D eigenvalue weighted by atomic mass is 10.0. The number of hydrogen-bond acceptors (Lipinski definition) is 5. The van der Waals surface area contributed by atoms with E-state index in [1.54, 1.807) is 12.1 Å². The van der Waals surface area contributed by atoms with Crippen LogP contribution in [0.25, 0.3) is 22.0 Å². The van der Waals surface area contributed by atoms with Crippen molar-refractivity contribution >= 4 is 28.2 Å². The van der Waals surface area contributed by atoms with E-state index in [0.717, 1.165) is 36.7 Å². The number of ether oxygens (including phenoxy) is 1. The predicted octanol–water partition coefficient (Wildman–Crippen LogP) is 5.06. The largest absolute Gasteiger partial charge is 0.434 e. The molecule has 1 atom stereocenters. The first-order valence-corrected chi connectivity index (χ1v) is 9.84. The number of nitrogens with one attached hydrogen (secondary N) is 1. The minimum absolute atomic E-state index is 0.0263. The van der Waals surface area contributed by atoms with Gasteiger partial charge in [-0.05, 0) is 44.6 Å². The molecule has 1 aliphatic heterocycles. The van der Waals surface area contributed by atoms with Crippen molar-refractivity contribution in [2.45, 2.75) is 25.5 Å². The molecule has 1 aromatic heterocycles. The van der Waals surface area contributed by atoms with Crippen LogP contribution in [0.5, 0.6) is 5.75 Å². The van der Waals surface area contributed by atoms with Crippen molar-refractivity contribution in [2.75, 3.05) is 25.5 Å². The number of aromatic nitrogens is 2. The summed E-state index contributed by atoms with van der Waals surface area (Å²) in [5, 5.41) is 14.2. The van der Waals surface area contributed by atoms with Crippen LogP contribution in [0.3, 0.4) is 0 Å². The van der Waals surface area contributed by atoms with Crippen molar-refractivity contribution in [1.29, 1.82) is 0 Å². The number of rotatable bonds is 5. The van der Waals surface area contributed by atoms with Gasteiger partial charge in [-0.15, -0.1) is 10.2 Å². The van der Waals surface area contributed by atoms with E-state index in [1.807, 2.05) is 24.3 Å². The molecule has 0 radical (unpaired) electrons. The highest BCUT2D eigenvalue weighted by atomic mass is 35.5. The summed E-state index contributed by atoms with van der Waals surface area (Å²) in [6.45, 7) is -0.940. The number of likely N-dealkylation sites (N-methyl/N-ethyl adjacent to an activating group) is 1. The van der Waals surface area contributed by atoms with E-state index in [0.29, 0.717) is 22.1 Å². The number of hydrogen-bond donors (Lipinski definition) is 1. The average molecular weight is 419 g/mol. The third kappa shape index (κ3) is 4.41. The zero-order valence-corrected chi connectivity index (χ0v) is 16.7. The van der Waals surface area contributed by atoms with Crippen molar-refractivity contribution in [3.8, 4) is 17.0 Å². The van der Waals surface area contributed by atoms with Gasteiger partial charge in [0.05, 0.1) is 0 Å². The Hall–Kier alpha value is -2.51. The number of nitrogens with zero attached hydrogens (tertiary/aromatic N) is 3. The molecule has 3 aromatic rings. The Labute approximate surface area is 172 Å². The molecule has 1 aliphatic rings. The Morgan fingerprint density at radius 2 is 1.97 bits per heavy atom. The van der Waals surface area contributed by atoms with Crippen LogP contribution in [0.1, 0.15) is 12.8 Å². The van der Waals surface area contributed by atoms with Gasteiger partial charge in [0.2, 0.25) is 0 Å². The van der Waals surface area contributed by atoms with Crippen LogP contribution in [0.15, 0.2) is 42.5 Å². The van der Waals surface area contributed by atoms with Crippen LogP contribution in [-0.4, -0.2) is 47.9 Å². The minimum Gasteiger partial charge on any atom is -0.434 e. The molecule has 0 amide bonds. The number of piperidine rings is 1. The summed E-state index contributed by atoms with van der Waals surface area (Å²) in [4.78, 5) is 2.28. The molecule has 1 saturated heterocycles. The molecule has 0 saturated carbocycles. The lowest BCUT2D eigenvalue weighted by molar-refractivity contribution is -0.0494. The third-order valence-corrected chi connectivity index (χ3v) is 5.30. The highest BCUT2D eigenvalue weighted by Gasteiger charge is 2.21. The molecule has 0 aliphatic carbocycles. The molecular weight excluding hydrogens is 398 g/mol. The zero-order chi connectivity index (χ0) is 20.4. The van der Waals surface area contributed by atoms with E-state index in [1.165, 1.54) is 6.07 Å². The normalized spacial score (nSPS) is 17.6. The van der Waals surface area contributed by atoms with Crippen LogP contribution in [0, 0.1) is 0 Å². The summed E-state index contributed by atoms with van der Waals surface area (Å²) >= 11 is 5.98. The molecule has 4 rings (SSSR count). The minimum atomic E-state index is -2.96. The summed E-state index contributed by atoms with van der Waals surface area (Å²) in [7, 11) is 2.10. The smallest absolute Gasteiger partial charge is 0.387 e. The molecule has 8 heteroatoms. The first kappa shape index (κ1) is 19.8. The van der Waals surface area contributed by atoms with Crippen LogP contribution in [-0.2, 0) is 0 Å². The van der Waals surface area contributed by atoms with Gasteiger partial charge in [-0.2, -0.15) is 8.78 Å². The summed E-state index contributed by atoms with van der Waals surface area (Å²) in [5.41, 5.74) is 0.890. The van der Waals surface area contributed by atoms with Gasteiger partial charge in [0.25, 0.3) is 0 Å². The van der Waals surface area contributed by atoms with Crippen LogP contribution in [0.4, 0.5) is 14.6 Å². The molecule has 0 spiro atoms. The van der Waals surface area contributed by atoms with Crippen molar-refractivity contribution in [2.24, 2.45) is 0 Å². The first-order chi connectivity index (χ1) is 14.0. The quantitative estimate of drug-likeness (QED) is 0.627. The fourth-order valence-electron chi connectivity index (χ4n) is 3.77. The zero-order valence-electron chi connectivity index (χ0n) is 15.9. The second kappa shape index (κ2) is 8.47. The highest BCUT2D eigenvalue weighted by Crippen LogP contribution is 2.37. The number of fused-ring (bicyclic) bond motifs is 1. The molecular formula is C21H21ClF2N4O. The molecule has 0 unspecified atom stereocenters. The van der Waals surface area contributed by atoms with Crippen LogP contribution >= 0.6 is 11.6 Å². The molecule has 29 heavy (non-hydrogen) atoms. The Balaban J connectivity index is 1.76. The van der Waals surface area contributed by atoms with Gasteiger partial charge in [0.1, 0.15) is 11.4 Å². The van der Waals surface area contributed by atoms with E-state index in [2.05, 4.69) is 32.2 Å². The van der Waals surface area contributed by atoms with Gasteiger partial charge in [0, 0.05) is 33.9 Å². The number of anilines is 1. The Morgan fingerprint density at radius 1 is 1.17 bits per heavy atom. The van der Waals surface area contributed by atoms with Gasteiger partial charge in [0.15, 0.2) is 5.82 Å². The summed E-state index contributed by atoms with van der Waals surface area (Å²) in [5.74, 6) is 0.663. The fourth-order valence-corrected chi connectivity index (χ4v) is 3.93. The molecule has 152 valence electrons. The van der Waals surface area contributed by atoms with E-state index >= 15 is 0 Å². The van der Waals surface area contributed by atoms with Gasteiger partial charge >= 0.3 is 6.61 Å². The van der Waals surface area contributed by atoms with Gasteiger partial charge in [-0.25, -0.2) is 0 Å². The number of halogens is 3. The number of benzene rings is 2. The lowest BCUT2D eigenvalue weighted by Gasteiger charge is -2.30. The molecule has 1 N–H and O–H groups in total. The summed E-state index contributed by atoms with van der Waals surface area (Å²) < 4.78 is 30.5. The van der Waals surface area contributed by atoms with Crippen LogP contribution < -0.4 is 10.1 Å². The maximum Gasteiger partial charge on any atom is 0.387 e. The first-order valence-electron chi connectivity index (χ1n) is 9.46. The summed E-state index contributed by atoms with van der Waals surface area (Å²) in [6, 6.07) is 12.5. The van der Waals surface area contributed by atoms with E-state index in [-0.39, 0.29) is 11.8 Å². The maximum atomic E-state index is 12.9. The van der Waals surface area contributed by atoms with E-state index in [9.17, 15) is 8.78 Å². The van der Waals surface area contributed by atoms with Crippen molar-refractivity contribution in [1.82, 2.24) is 15.1 Å². The Kier molecular flexibility index (Phi) is 5.78. The topological polar surface area (TPSA) is 50.3 Å². The lowest BCUT2D eigenvalue weighted by Crippen LogP contribution is -2.40. The van der Waals surface area contributed by atoms with Gasteiger partial charge < -0.3 is 15.0 Å². The highest BCUT2D eigenvalue weighted by molar-refractivity contribution is 6.30. The Bertz CT molecular complexity index is 1020. The standard InChI is InChI=1S/C21H21ClF2N4O/c1-28-10-4-5-14(12-28)25-20-16-7-3-2-6-15(16)19(26-27-20)17-9-8-13(22)11-18(17)29-21(23)24/h2-3,6-9,11,14,21H,4-5,10,12H2,1H3,(H,25,27)/t14-/m1/s1. The predicted molar refractivity (Wildman–Crippen MR) is 111 cm³/mol. The van der Waals surface area contributed by atoms with Gasteiger partial charge in [-0.1, -0.05) is 35.9 Å². The Morgan fingerprint density at radius 3 is 2.72 bits per heavy atom. The SMILES string of the molecule is CN1CCC[C@@H](Nc2nnc(-c3ccc(Cl)cc3OC(F)F)c3ccccc23)C1. The van der Waals surface area contributed by atoms with Crippen LogP contribution in [0.2, 0.25) is 5.02 Å². The number of likely N-dealkylation sites (tertiary alicyclic amines) is 1. The fraction of sp³-hybridized carbons (Fsp3) is 0.333. The van der Waals surface area contributed by atoms with E-state index < -0.39 is 6.61 Å². The number of alkyl halides is 2. The van der Waals surface area contributed by atoms with Crippen molar-refractivity contribution in [3.63, 3.8) is 0 Å². The van der Waals surface area contributed by atoms with Crippen molar-refractivity contribution < 1.29 is 13.5 Å². The van der Waals surface area contributed by atoms with E-state index in [4.69, 9.17) is 11.6 Å². The summed E-state index contributed by atoms with van der Waals surface area (Å²) in [6.07, 6.45) is 2.18. The van der Waals surface area contributed by atoms with Gasteiger partial charge in [-0.3, -0.25) is 0 Å². The second-order valence-corrected chi connectivity index (χ2v) is 7.64. The monoisotopic (exact) mass is 418 g/mol. The average Bonchev–Trinajstić information content (AvgIpc) is 2.68. The molecule has 2 aromatic carbocycles. The molecule has 5 nitrogen and oxygen atoms in total. The third-order valence-electron chi connectivity index (χ3n) is 5.07. The molecule has 1 fully saturated rings.